The highest BCUT2D eigenvalue weighted by molar-refractivity contribution is 5.89. The lowest BCUT2D eigenvalue weighted by molar-refractivity contribution is 0.251. The van der Waals surface area contributed by atoms with Gasteiger partial charge in [-0.05, 0) is 54.6 Å². The van der Waals surface area contributed by atoms with Crippen molar-refractivity contribution in [3.05, 3.63) is 60.2 Å². The number of anilines is 1. The summed E-state index contributed by atoms with van der Waals surface area (Å²) in [5.74, 6) is 0.647. The highest BCUT2D eigenvalue weighted by atomic mass is 16.2. The standard InChI is InChI=1S/C21H27N7O/c1-27(16-17-9-4-3-5-10-17)14-7-6-13-22-21(29)23-19-12-8-11-18(15-19)20-24-25-26-28(20)2/h3-5,8-12,15H,6-7,13-14,16H2,1-2H3,(H2,22,23,29). The molecule has 0 unspecified atom stereocenters. The molecule has 3 rings (SSSR count). The lowest BCUT2D eigenvalue weighted by atomic mass is 10.2. The molecule has 2 N–H and O–H groups in total. The van der Waals surface area contributed by atoms with Gasteiger partial charge >= 0.3 is 6.03 Å². The van der Waals surface area contributed by atoms with E-state index in [4.69, 9.17) is 0 Å². The Morgan fingerprint density at radius 2 is 1.93 bits per heavy atom. The maximum absolute atomic E-state index is 12.1. The second-order valence-electron chi connectivity index (χ2n) is 7.02. The van der Waals surface area contributed by atoms with Crippen LogP contribution >= 0.6 is 0 Å². The van der Waals surface area contributed by atoms with Crippen LogP contribution < -0.4 is 10.6 Å². The van der Waals surface area contributed by atoms with Crippen molar-refractivity contribution in [1.29, 1.82) is 0 Å². The van der Waals surface area contributed by atoms with Crippen LogP contribution in [0.3, 0.4) is 0 Å². The first-order valence-corrected chi connectivity index (χ1v) is 9.72. The normalized spacial score (nSPS) is 10.9. The molecule has 0 aliphatic rings. The van der Waals surface area contributed by atoms with Gasteiger partial charge < -0.3 is 15.5 Å². The number of nitrogens with one attached hydrogen (secondary N) is 2. The lowest BCUT2D eigenvalue weighted by Gasteiger charge is -2.16. The molecule has 1 heterocycles. The third kappa shape index (κ3) is 6.39. The number of rotatable bonds is 9. The van der Waals surface area contributed by atoms with E-state index < -0.39 is 0 Å². The Morgan fingerprint density at radius 3 is 2.69 bits per heavy atom. The van der Waals surface area contributed by atoms with Gasteiger partial charge in [0.15, 0.2) is 5.82 Å². The third-order valence-corrected chi connectivity index (χ3v) is 4.55. The fourth-order valence-corrected chi connectivity index (χ4v) is 3.07. The van der Waals surface area contributed by atoms with Crippen LogP contribution in [0.15, 0.2) is 54.6 Å². The van der Waals surface area contributed by atoms with Crippen molar-refractivity contribution in [2.24, 2.45) is 7.05 Å². The zero-order valence-corrected chi connectivity index (χ0v) is 16.9. The molecule has 8 heteroatoms. The summed E-state index contributed by atoms with van der Waals surface area (Å²) < 4.78 is 1.59. The summed E-state index contributed by atoms with van der Waals surface area (Å²) >= 11 is 0. The fourth-order valence-electron chi connectivity index (χ4n) is 3.07. The highest BCUT2D eigenvalue weighted by Crippen LogP contribution is 2.19. The van der Waals surface area contributed by atoms with Crippen LogP contribution in [0, 0.1) is 0 Å². The van der Waals surface area contributed by atoms with Crippen molar-refractivity contribution in [1.82, 2.24) is 30.4 Å². The van der Waals surface area contributed by atoms with Gasteiger partial charge in [-0.1, -0.05) is 42.5 Å². The van der Waals surface area contributed by atoms with Crippen molar-refractivity contribution in [2.75, 3.05) is 25.5 Å². The van der Waals surface area contributed by atoms with E-state index in [1.54, 1.807) is 11.7 Å². The maximum Gasteiger partial charge on any atom is 0.319 e. The molecule has 0 saturated carbocycles. The number of carbonyl (C=O) groups is 1. The van der Waals surface area contributed by atoms with Crippen molar-refractivity contribution >= 4 is 11.7 Å². The molecule has 0 aliphatic carbocycles. The Hall–Kier alpha value is -3.26. The lowest BCUT2D eigenvalue weighted by Crippen LogP contribution is -2.30. The molecule has 8 nitrogen and oxygen atoms in total. The molecule has 0 atom stereocenters. The molecule has 152 valence electrons. The van der Waals surface area contributed by atoms with E-state index in [1.165, 1.54) is 5.56 Å². The first-order chi connectivity index (χ1) is 14.1. The molecule has 0 spiro atoms. The number of unbranched alkanes of at least 4 members (excludes halogenated alkanes) is 1. The van der Waals surface area contributed by atoms with Gasteiger partial charge in [0, 0.05) is 31.4 Å². The van der Waals surface area contributed by atoms with Crippen molar-refractivity contribution in [3.8, 4) is 11.4 Å². The van der Waals surface area contributed by atoms with Gasteiger partial charge in [0.25, 0.3) is 0 Å². The second-order valence-corrected chi connectivity index (χ2v) is 7.02. The monoisotopic (exact) mass is 393 g/mol. The van der Waals surface area contributed by atoms with Crippen LogP contribution in [-0.2, 0) is 13.6 Å². The van der Waals surface area contributed by atoms with E-state index in [0.717, 1.165) is 31.5 Å². The van der Waals surface area contributed by atoms with Gasteiger partial charge in [0.05, 0.1) is 0 Å². The van der Waals surface area contributed by atoms with Gasteiger partial charge in [-0.25, -0.2) is 9.48 Å². The van der Waals surface area contributed by atoms with Crippen molar-refractivity contribution in [3.63, 3.8) is 0 Å². The molecule has 0 radical (unpaired) electrons. The van der Waals surface area contributed by atoms with Gasteiger partial charge in [0.2, 0.25) is 0 Å². The van der Waals surface area contributed by atoms with E-state index in [2.05, 4.69) is 62.4 Å². The molecule has 3 aromatic rings. The SMILES string of the molecule is CN(CCCCNC(=O)Nc1cccc(-c2nnnn2C)c1)Cc1ccccc1. The summed E-state index contributed by atoms with van der Waals surface area (Å²) in [6.45, 7) is 2.57. The quantitative estimate of drug-likeness (QED) is 0.546. The summed E-state index contributed by atoms with van der Waals surface area (Å²) in [4.78, 5) is 14.4. The number of tetrazole rings is 1. The van der Waals surface area contributed by atoms with Crippen LogP contribution in [0.2, 0.25) is 0 Å². The summed E-state index contributed by atoms with van der Waals surface area (Å²) in [7, 11) is 3.90. The fraction of sp³-hybridized carbons (Fsp3) is 0.333. The molecule has 2 amide bonds. The minimum Gasteiger partial charge on any atom is -0.338 e. The van der Waals surface area contributed by atoms with Gasteiger partial charge in [-0.2, -0.15) is 0 Å². The largest absolute Gasteiger partial charge is 0.338 e. The Bertz CT molecular complexity index is 910. The summed E-state index contributed by atoms with van der Waals surface area (Å²) in [5.41, 5.74) is 2.86. The molecular weight excluding hydrogens is 366 g/mol. The number of amides is 2. The average molecular weight is 393 g/mol. The van der Waals surface area contributed by atoms with Crippen LogP contribution in [-0.4, -0.2) is 51.3 Å². The molecule has 0 fully saturated rings. The summed E-state index contributed by atoms with van der Waals surface area (Å²) in [5, 5.41) is 17.2. The number of carbonyl (C=O) groups excluding carboxylic acids is 1. The topological polar surface area (TPSA) is 88.0 Å². The Balaban J connectivity index is 1.36. The smallest absolute Gasteiger partial charge is 0.319 e. The molecule has 2 aromatic carbocycles. The minimum atomic E-state index is -0.212. The minimum absolute atomic E-state index is 0.212. The molecule has 29 heavy (non-hydrogen) atoms. The van der Waals surface area contributed by atoms with Gasteiger partial charge in [-0.3, -0.25) is 0 Å². The zero-order valence-electron chi connectivity index (χ0n) is 16.9. The Morgan fingerprint density at radius 1 is 1.10 bits per heavy atom. The van der Waals surface area contributed by atoms with Crippen molar-refractivity contribution < 1.29 is 4.79 Å². The van der Waals surface area contributed by atoms with Gasteiger partial charge in [0.1, 0.15) is 0 Å². The number of hydrogen-bond donors (Lipinski definition) is 2. The second kappa shape index (κ2) is 10.3. The highest BCUT2D eigenvalue weighted by Gasteiger charge is 2.08. The van der Waals surface area contributed by atoms with E-state index in [0.29, 0.717) is 18.1 Å². The first kappa shape index (κ1) is 20.5. The van der Waals surface area contributed by atoms with Gasteiger partial charge in [-0.15, -0.1) is 5.10 Å². The van der Waals surface area contributed by atoms with E-state index in [9.17, 15) is 4.79 Å². The first-order valence-electron chi connectivity index (χ1n) is 9.72. The molecule has 0 bridgehead atoms. The molecular formula is C21H27N7O. The number of benzene rings is 2. The van der Waals surface area contributed by atoms with Crippen LogP contribution in [0.5, 0.6) is 0 Å². The Kier molecular flexibility index (Phi) is 7.29. The number of nitrogens with zero attached hydrogens (tertiary/aromatic N) is 5. The number of aryl methyl sites for hydroxylation is 1. The summed E-state index contributed by atoms with van der Waals surface area (Å²) in [6.07, 6.45) is 1.95. The van der Waals surface area contributed by atoms with Crippen LogP contribution in [0.1, 0.15) is 18.4 Å². The zero-order chi connectivity index (χ0) is 20.5. The molecule has 0 saturated heterocycles. The average Bonchev–Trinajstić information content (AvgIpc) is 3.14. The number of urea groups is 1. The predicted molar refractivity (Wildman–Crippen MR) is 113 cm³/mol. The van der Waals surface area contributed by atoms with Crippen LogP contribution in [0.25, 0.3) is 11.4 Å². The predicted octanol–water partition coefficient (Wildman–Crippen LogP) is 2.91. The maximum atomic E-state index is 12.1. The molecule has 1 aromatic heterocycles. The molecule has 0 aliphatic heterocycles. The Labute approximate surface area is 170 Å². The van der Waals surface area contributed by atoms with Crippen molar-refractivity contribution in [2.45, 2.75) is 19.4 Å². The van der Waals surface area contributed by atoms with Crippen LogP contribution in [0.4, 0.5) is 10.5 Å². The third-order valence-electron chi connectivity index (χ3n) is 4.55. The van der Waals surface area contributed by atoms with E-state index in [-0.39, 0.29) is 6.03 Å². The summed E-state index contributed by atoms with van der Waals surface area (Å²) in [6, 6.07) is 17.7. The van der Waals surface area contributed by atoms with E-state index >= 15 is 0 Å². The number of hydrogen-bond acceptors (Lipinski definition) is 5. The number of aromatic nitrogens is 4. The van der Waals surface area contributed by atoms with E-state index in [1.807, 2.05) is 30.3 Å².